The molecule has 6 heteroatoms. The number of hydrogen-bond donors (Lipinski definition) is 1. The lowest BCUT2D eigenvalue weighted by Gasteiger charge is -2.02. The van der Waals surface area contributed by atoms with Crippen LogP contribution in [0.15, 0.2) is 6.20 Å². The summed E-state index contributed by atoms with van der Waals surface area (Å²) in [6.07, 6.45) is 2.60. The van der Waals surface area contributed by atoms with Crippen LogP contribution in [0.4, 0.5) is 0 Å². The van der Waals surface area contributed by atoms with Gasteiger partial charge < -0.3 is 5.32 Å². The Bertz CT molecular complexity index is 466. The lowest BCUT2D eigenvalue weighted by atomic mass is 10.2. The topological polar surface area (TPSA) is 64.0 Å². The van der Waals surface area contributed by atoms with Crippen LogP contribution in [-0.4, -0.2) is 36.2 Å². The van der Waals surface area contributed by atoms with Crippen LogP contribution in [0.25, 0.3) is 0 Å². The SMILES string of the molecule is CCCS(=O)(=O)CCn1cc(CNCC)c(C)n1. The molecular formula is C12H23N3O2S. The number of rotatable bonds is 8. The second-order valence-electron chi connectivity index (χ2n) is 4.43. The van der Waals surface area contributed by atoms with Gasteiger partial charge in [-0.1, -0.05) is 13.8 Å². The molecule has 0 aliphatic carbocycles. The Balaban J connectivity index is 2.58. The third-order valence-corrected chi connectivity index (χ3v) is 4.59. The molecule has 0 atom stereocenters. The van der Waals surface area contributed by atoms with Crippen LogP contribution in [-0.2, 0) is 22.9 Å². The van der Waals surface area contributed by atoms with Crippen LogP contribution < -0.4 is 5.32 Å². The minimum Gasteiger partial charge on any atom is -0.313 e. The maximum absolute atomic E-state index is 11.6. The highest BCUT2D eigenvalue weighted by Crippen LogP contribution is 2.06. The van der Waals surface area contributed by atoms with Crippen molar-refractivity contribution < 1.29 is 8.42 Å². The van der Waals surface area contributed by atoms with Crippen molar-refractivity contribution >= 4 is 9.84 Å². The van der Waals surface area contributed by atoms with Gasteiger partial charge in [-0.25, -0.2) is 8.42 Å². The quantitative estimate of drug-likeness (QED) is 0.771. The van der Waals surface area contributed by atoms with Gasteiger partial charge in [0.15, 0.2) is 9.84 Å². The van der Waals surface area contributed by atoms with E-state index in [9.17, 15) is 8.42 Å². The highest BCUT2D eigenvalue weighted by Gasteiger charge is 2.11. The van der Waals surface area contributed by atoms with Gasteiger partial charge in [-0.2, -0.15) is 5.10 Å². The first-order valence-corrected chi connectivity index (χ1v) is 8.24. The Morgan fingerprint density at radius 3 is 2.67 bits per heavy atom. The summed E-state index contributed by atoms with van der Waals surface area (Å²) in [7, 11) is -2.93. The standard InChI is InChI=1S/C12H23N3O2S/c1-4-7-18(16,17)8-6-15-10-12(9-13-5-2)11(3)14-15/h10,13H,4-9H2,1-3H3. The molecule has 104 valence electrons. The van der Waals surface area contributed by atoms with Crippen LogP contribution in [0, 0.1) is 6.92 Å². The van der Waals surface area contributed by atoms with Gasteiger partial charge >= 0.3 is 0 Å². The van der Waals surface area contributed by atoms with E-state index in [0.29, 0.717) is 13.0 Å². The molecular weight excluding hydrogens is 250 g/mol. The Morgan fingerprint density at radius 2 is 2.06 bits per heavy atom. The van der Waals surface area contributed by atoms with E-state index in [1.165, 1.54) is 0 Å². The minimum absolute atomic E-state index is 0.169. The van der Waals surface area contributed by atoms with E-state index in [4.69, 9.17) is 0 Å². The first-order valence-electron chi connectivity index (χ1n) is 6.42. The summed E-state index contributed by atoms with van der Waals surface area (Å²) >= 11 is 0. The fraction of sp³-hybridized carbons (Fsp3) is 0.750. The van der Waals surface area contributed by atoms with Gasteiger partial charge in [0, 0.05) is 24.1 Å². The van der Waals surface area contributed by atoms with Crippen LogP contribution >= 0.6 is 0 Å². The van der Waals surface area contributed by atoms with Gasteiger partial charge in [0.2, 0.25) is 0 Å². The molecule has 0 bridgehead atoms. The third kappa shape index (κ3) is 4.78. The highest BCUT2D eigenvalue weighted by atomic mass is 32.2. The van der Waals surface area contributed by atoms with Crippen molar-refractivity contribution in [1.29, 1.82) is 0 Å². The van der Waals surface area contributed by atoms with Crippen LogP contribution in [0.1, 0.15) is 31.5 Å². The monoisotopic (exact) mass is 273 g/mol. The Hall–Kier alpha value is -0.880. The minimum atomic E-state index is -2.93. The molecule has 18 heavy (non-hydrogen) atoms. The van der Waals surface area contributed by atoms with E-state index in [1.54, 1.807) is 4.68 Å². The molecule has 0 radical (unpaired) electrons. The molecule has 1 rings (SSSR count). The highest BCUT2D eigenvalue weighted by molar-refractivity contribution is 7.91. The molecule has 0 spiro atoms. The molecule has 0 aliphatic rings. The molecule has 0 saturated carbocycles. The van der Waals surface area contributed by atoms with Crippen LogP contribution in [0.2, 0.25) is 0 Å². The Labute approximate surface area is 109 Å². The summed E-state index contributed by atoms with van der Waals surface area (Å²) in [6.45, 7) is 8.01. The van der Waals surface area contributed by atoms with Crippen LogP contribution in [0.3, 0.4) is 0 Å². The van der Waals surface area contributed by atoms with Gasteiger partial charge in [-0.15, -0.1) is 0 Å². The van der Waals surface area contributed by atoms with Crippen molar-refractivity contribution in [2.45, 2.75) is 40.3 Å². The van der Waals surface area contributed by atoms with Gasteiger partial charge in [0.1, 0.15) is 0 Å². The number of hydrogen-bond acceptors (Lipinski definition) is 4. The first kappa shape index (κ1) is 15.2. The van der Waals surface area contributed by atoms with Crippen molar-refractivity contribution in [3.05, 3.63) is 17.5 Å². The third-order valence-electron chi connectivity index (χ3n) is 2.76. The summed E-state index contributed by atoms with van der Waals surface area (Å²) in [5, 5.41) is 7.58. The molecule has 0 fully saturated rings. The largest absolute Gasteiger partial charge is 0.313 e. The molecule has 0 aliphatic heterocycles. The van der Waals surface area contributed by atoms with Crippen molar-refractivity contribution in [2.75, 3.05) is 18.1 Å². The maximum atomic E-state index is 11.6. The molecule has 1 aromatic heterocycles. The predicted molar refractivity (Wildman–Crippen MR) is 73.3 cm³/mol. The Kier molecular flexibility index (Phi) is 5.81. The van der Waals surface area contributed by atoms with Crippen LogP contribution in [0.5, 0.6) is 0 Å². The van der Waals surface area contributed by atoms with Crippen molar-refractivity contribution in [1.82, 2.24) is 15.1 Å². The zero-order chi connectivity index (χ0) is 13.6. The number of nitrogens with zero attached hydrogens (tertiary/aromatic N) is 2. The average molecular weight is 273 g/mol. The smallest absolute Gasteiger partial charge is 0.152 e. The Morgan fingerprint density at radius 1 is 1.33 bits per heavy atom. The molecule has 0 unspecified atom stereocenters. The van der Waals surface area contributed by atoms with E-state index < -0.39 is 9.84 Å². The lowest BCUT2D eigenvalue weighted by Crippen LogP contribution is -2.16. The molecule has 1 N–H and O–H groups in total. The van der Waals surface area contributed by atoms with Crippen molar-refractivity contribution in [3.63, 3.8) is 0 Å². The lowest BCUT2D eigenvalue weighted by molar-refractivity contribution is 0.578. The molecule has 1 aromatic rings. The van der Waals surface area contributed by atoms with E-state index >= 15 is 0 Å². The fourth-order valence-corrected chi connectivity index (χ4v) is 3.04. The predicted octanol–water partition coefficient (Wildman–Crippen LogP) is 1.13. The number of aryl methyl sites for hydroxylation is 2. The second-order valence-corrected chi connectivity index (χ2v) is 6.74. The summed E-state index contributed by atoms with van der Waals surface area (Å²) in [5.74, 6) is 0.431. The summed E-state index contributed by atoms with van der Waals surface area (Å²) < 4.78 is 25.0. The molecule has 0 saturated heterocycles. The van der Waals surface area contributed by atoms with E-state index in [1.807, 2.05) is 20.0 Å². The molecule has 1 heterocycles. The van der Waals surface area contributed by atoms with Gasteiger partial charge in [0.05, 0.1) is 18.0 Å². The summed E-state index contributed by atoms with van der Waals surface area (Å²) in [5.41, 5.74) is 2.09. The average Bonchev–Trinajstić information content (AvgIpc) is 2.65. The fourth-order valence-electron chi connectivity index (χ4n) is 1.75. The van der Waals surface area contributed by atoms with Crippen molar-refractivity contribution in [3.8, 4) is 0 Å². The molecule has 5 nitrogen and oxygen atoms in total. The number of aromatic nitrogens is 2. The molecule has 0 aromatic carbocycles. The summed E-state index contributed by atoms with van der Waals surface area (Å²) in [6, 6.07) is 0. The maximum Gasteiger partial charge on any atom is 0.152 e. The van der Waals surface area contributed by atoms with Gasteiger partial charge in [-0.3, -0.25) is 4.68 Å². The summed E-state index contributed by atoms with van der Waals surface area (Å²) in [4.78, 5) is 0. The molecule has 0 amide bonds. The van der Waals surface area contributed by atoms with Gasteiger partial charge in [0.25, 0.3) is 0 Å². The van der Waals surface area contributed by atoms with E-state index in [-0.39, 0.29) is 11.5 Å². The van der Waals surface area contributed by atoms with Gasteiger partial charge in [-0.05, 0) is 19.9 Å². The number of sulfone groups is 1. The van der Waals surface area contributed by atoms with E-state index in [2.05, 4.69) is 17.3 Å². The normalized spacial score (nSPS) is 11.9. The second kappa shape index (κ2) is 6.89. The first-order chi connectivity index (χ1) is 8.48. The van der Waals surface area contributed by atoms with Crippen molar-refractivity contribution in [2.24, 2.45) is 0 Å². The van der Waals surface area contributed by atoms with E-state index in [0.717, 1.165) is 24.3 Å². The zero-order valence-corrected chi connectivity index (χ0v) is 12.3. The zero-order valence-electron chi connectivity index (χ0n) is 11.4. The number of nitrogens with one attached hydrogen (secondary N) is 1.